The van der Waals surface area contributed by atoms with E-state index in [0.29, 0.717) is 19.7 Å². The Bertz CT molecular complexity index is 670. The van der Waals surface area contributed by atoms with Crippen molar-refractivity contribution >= 4 is 6.09 Å². The predicted octanol–water partition coefficient (Wildman–Crippen LogP) is 3.87. The summed E-state index contributed by atoms with van der Waals surface area (Å²) < 4.78 is 18.7. The van der Waals surface area contributed by atoms with Crippen LogP contribution in [-0.2, 0) is 0 Å². The van der Waals surface area contributed by atoms with Crippen molar-refractivity contribution in [2.24, 2.45) is 5.92 Å². The molecule has 1 N–H and O–H groups in total. The number of carboxylic acid groups (broad SMARTS) is 1. The van der Waals surface area contributed by atoms with Gasteiger partial charge in [-0.05, 0) is 41.8 Å². The van der Waals surface area contributed by atoms with Crippen LogP contribution < -0.4 is 4.74 Å². The summed E-state index contributed by atoms with van der Waals surface area (Å²) in [6.45, 7) is 1.62. The number of rotatable bonds is 4. The molecule has 1 amide bonds. The van der Waals surface area contributed by atoms with Gasteiger partial charge in [0.2, 0.25) is 0 Å². The lowest BCUT2D eigenvalue weighted by molar-refractivity contribution is 0.151. The van der Waals surface area contributed by atoms with Crippen molar-refractivity contribution in [2.45, 2.75) is 6.42 Å². The minimum Gasteiger partial charge on any atom is -0.493 e. The molecule has 1 fully saturated rings. The maximum atomic E-state index is 12.9. The van der Waals surface area contributed by atoms with Gasteiger partial charge in [0.05, 0.1) is 6.61 Å². The Morgan fingerprint density at radius 3 is 2.30 bits per heavy atom. The molecule has 1 aliphatic rings. The summed E-state index contributed by atoms with van der Waals surface area (Å²) in [4.78, 5) is 12.3. The van der Waals surface area contributed by atoms with Crippen molar-refractivity contribution in [3.63, 3.8) is 0 Å². The van der Waals surface area contributed by atoms with Gasteiger partial charge < -0.3 is 14.7 Å². The molecule has 5 heteroatoms. The predicted molar refractivity (Wildman–Crippen MR) is 85.0 cm³/mol. The van der Waals surface area contributed by atoms with Crippen LogP contribution in [0.4, 0.5) is 9.18 Å². The molecule has 0 aliphatic carbocycles. The van der Waals surface area contributed by atoms with E-state index in [9.17, 15) is 9.18 Å². The van der Waals surface area contributed by atoms with Gasteiger partial charge in [-0.1, -0.05) is 24.3 Å². The Kier molecular flexibility index (Phi) is 4.46. The van der Waals surface area contributed by atoms with Gasteiger partial charge in [0.25, 0.3) is 0 Å². The van der Waals surface area contributed by atoms with E-state index in [0.717, 1.165) is 23.3 Å². The number of hydrogen-bond donors (Lipinski definition) is 1. The fraction of sp³-hybridized carbons (Fsp3) is 0.278. The van der Waals surface area contributed by atoms with E-state index in [2.05, 4.69) is 0 Å². The zero-order valence-electron chi connectivity index (χ0n) is 12.6. The Labute approximate surface area is 134 Å². The monoisotopic (exact) mass is 315 g/mol. The van der Waals surface area contributed by atoms with Crippen LogP contribution >= 0.6 is 0 Å². The highest BCUT2D eigenvalue weighted by atomic mass is 19.1. The Morgan fingerprint density at radius 2 is 1.74 bits per heavy atom. The first-order chi connectivity index (χ1) is 11.1. The minimum absolute atomic E-state index is 0.239. The number of halogens is 1. The molecule has 0 bridgehead atoms. The normalized spacial score (nSPS) is 17.3. The maximum Gasteiger partial charge on any atom is 0.407 e. The number of nitrogens with zero attached hydrogens (tertiary/aromatic N) is 1. The third-order valence-electron chi connectivity index (χ3n) is 4.07. The van der Waals surface area contributed by atoms with Gasteiger partial charge in [0.1, 0.15) is 11.6 Å². The van der Waals surface area contributed by atoms with E-state index in [-0.39, 0.29) is 11.7 Å². The average molecular weight is 315 g/mol. The van der Waals surface area contributed by atoms with Gasteiger partial charge in [-0.2, -0.15) is 0 Å². The van der Waals surface area contributed by atoms with Crippen LogP contribution in [0.5, 0.6) is 5.75 Å². The molecule has 1 heterocycles. The molecule has 1 unspecified atom stereocenters. The fourth-order valence-electron chi connectivity index (χ4n) is 2.74. The topological polar surface area (TPSA) is 49.8 Å². The molecule has 2 aromatic rings. The average Bonchev–Trinajstić information content (AvgIpc) is 3.04. The van der Waals surface area contributed by atoms with Crippen LogP contribution in [-0.4, -0.2) is 35.8 Å². The van der Waals surface area contributed by atoms with Crippen molar-refractivity contribution in [1.29, 1.82) is 0 Å². The standard InChI is InChI=1S/C18H18FNO3/c19-16-5-1-14(2-6-16)15-3-7-17(8-4-15)23-12-13-9-10-20(11-13)18(21)22/h1-8,13H,9-12H2,(H,21,22). The highest BCUT2D eigenvalue weighted by molar-refractivity contribution is 5.65. The third-order valence-corrected chi connectivity index (χ3v) is 4.07. The molecule has 120 valence electrons. The second-order valence-electron chi connectivity index (χ2n) is 5.73. The Morgan fingerprint density at radius 1 is 1.13 bits per heavy atom. The van der Waals surface area contributed by atoms with Crippen molar-refractivity contribution in [3.05, 3.63) is 54.3 Å². The molecule has 0 saturated carbocycles. The first kappa shape index (κ1) is 15.3. The van der Waals surface area contributed by atoms with E-state index >= 15 is 0 Å². The summed E-state index contributed by atoms with van der Waals surface area (Å²) in [5.74, 6) is 0.744. The van der Waals surface area contributed by atoms with E-state index in [1.54, 1.807) is 12.1 Å². The number of amides is 1. The van der Waals surface area contributed by atoms with Crippen LogP contribution in [0, 0.1) is 11.7 Å². The number of hydrogen-bond acceptors (Lipinski definition) is 2. The zero-order valence-corrected chi connectivity index (χ0v) is 12.6. The first-order valence-electron chi connectivity index (χ1n) is 7.58. The molecule has 1 aliphatic heterocycles. The smallest absolute Gasteiger partial charge is 0.407 e. The fourth-order valence-corrected chi connectivity index (χ4v) is 2.74. The van der Waals surface area contributed by atoms with Crippen molar-refractivity contribution in [1.82, 2.24) is 4.90 Å². The lowest BCUT2D eigenvalue weighted by Gasteiger charge is -2.13. The van der Waals surface area contributed by atoms with Crippen molar-refractivity contribution < 1.29 is 19.0 Å². The van der Waals surface area contributed by atoms with Crippen LogP contribution in [0.15, 0.2) is 48.5 Å². The van der Waals surface area contributed by atoms with Gasteiger partial charge in [0, 0.05) is 19.0 Å². The Hall–Kier alpha value is -2.56. The molecule has 1 atom stereocenters. The van der Waals surface area contributed by atoms with Gasteiger partial charge in [-0.25, -0.2) is 9.18 Å². The van der Waals surface area contributed by atoms with Crippen LogP contribution in [0.3, 0.4) is 0 Å². The SMILES string of the molecule is O=C(O)N1CCC(COc2ccc(-c3ccc(F)cc3)cc2)C1. The molecule has 4 nitrogen and oxygen atoms in total. The van der Waals surface area contributed by atoms with Gasteiger partial charge in [0.15, 0.2) is 0 Å². The van der Waals surface area contributed by atoms with Crippen molar-refractivity contribution in [3.8, 4) is 16.9 Å². The number of ether oxygens (including phenoxy) is 1. The summed E-state index contributed by atoms with van der Waals surface area (Å²) in [7, 11) is 0. The van der Waals surface area contributed by atoms with E-state index in [1.807, 2.05) is 24.3 Å². The van der Waals surface area contributed by atoms with Gasteiger partial charge in [-0.3, -0.25) is 0 Å². The van der Waals surface area contributed by atoms with Crippen LogP contribution in [0.25, 0.3) is 11.1 Å². The number of benzene rings is 2. The number of carbonyl (C=O) groups is 1. The second kappa shape index (κ2) is 6.69. The minimum atomic E-state index is -0.865. The quantitative estimate of drug-likeness (QED) is 0.931. The molecule has 23 heavy (non-hydrogen) atoms. The third kappa shape index (κ3) is 3.80. The molecule has 1 saturated heterocycles. The summed E-state index contributed by atoms with van der Waals surface area (Å²) in [6, 6.07) is 14.0. The van der Waals surface area contributed by atoms with Crippen molar-refractivity contribution in [2.75, 3.05) is 19.7 Å². The molecular weight excluding hydrogens is 297 g/mol. The van der Waals surface area contributed by atoms with Gasteiger partial charge >= 0.3 is 6.09 Å². The lowest BCUT2D eigenvalue weighted by Crippen LogP contribution is -2.27. The molecule has 2 aromatic carbocycles. The van der Waals surface area contributed by atoms with E-state index in [4.69, 9.17) is 9.84 Å². The Balaban J connectivity index is 1.56. The molecule has 0 radical (unpaired) electrons. The number of likely N-dealkylation sites (tertiary alicyclic amines) is 1. The van der Waals surface area contributed by atoms with Crippen LogP contribution in [0.2, 0.25) is 0 Å². The highest BCUT2D eigenvalue weighted by Crippen LogP contribution is 2.24. The lowest BCUT2D eigenvalue weighted by atomic mass is 10.1. The second-order valence-corrected chi connectivity index (χ2v) is 5.73. The summed E-state index contributed by atoms with van der Waals surface area (Å²) in [5, 5.41) is 8.93. The summed E-state index contributed by atoms with van der Waals surface area (Å²) >= 11 is 0. The summed E-state index contributed by atoms with van der Waals surface area (Å²) in [6.07, 6.45) is -0.0314. The summed E-state index contributed by atoms with van der Waals surface area (Å²) in [5.41, 5.74) is 1.95. The molecule has 0 aromatic heterocycles. The van der Waals surface area contributed by atoms with E-state index in [1.165, 1.54) is 17.0 Å². The van der Waals surface area contributed by atoms with Crippen LogP contribution in [0.1, 0.15) is 6.42 Å². The molecular formula is C18H18FNO3. The molecule has 3 rings (SSSR count). The maximum absolute atomic E-state index is 12.9. The largest absolute Gasteiger partial charge is 0.493 e. The first-order valence-corrected chi connectivity index (χ1v) is 7.58. The zero-order chi connectivity index (χ0) is 16.2. The van der Waals surface area contributed by atoms with Gasteiger partial charge in [-0.15, -0.1) is 0 Å². The highest BCUT2D eigenvalue weighted by Gasteiger charge is 2.26. The van der Waals surface area contributed by atoms with E-state index < -0.39 is 6.09 Å². The molecule has 0 spiro atoms.